The number of benzene rings is 2. The van der Waals surface area contributed by atoms with Gasteiger partial charge in [0, 0.05) is 12.1 Å². The summed E-state index contributed by atoms with van der Waals surface area (Å²) in [5, 5.41) is 4.18. The van der Waals surface area contributed by atoms with Crippen LogP contribution in [0.3, 0.4) is 0 Å². The molecular formula is C15H14FN3S. The number of hydrogen-bond donors (Lipinski definition) is 2. The van der Waals surface area contributed by atoms with E-state index in [1.54, 1.807) is 23.5 Å². The summed E-state index contributed by atoms with van der Waals surface area (Å²) in [7, 11) is 0. The van der Waals surface area contributed by atoms with Crippen LogP contribution >= 0.6 is 11.3 Å². The average molecular weight is 287 g/mol. The van der Waals surface area contributed by atoms with Crippen LogP contribution in [0, 0.1) is 12.7 Å². The van der Waals surface area contributed by atoms with Crippen LogP contribution < -0.4 is 11.1 Å². The zero-order valence-corrected chi connectivity index (χ0v) is 11.8. The molecule has 3 rings (SSSR count). The number of fused-ring (bicyclic) bond motifs is 1. The Kier molecular flexibility index (Phi) is 3.28. The second-order valence-corrected chi connectivity index (χ2v) is 5.82. The quantitative estimate of drug-likeness (QED) is 0.717. The summed E-state index contributed by atoms with van der Waals surface area (Å²) in [5.41, 5.74) is 8.98. The standard InChI is InChI=1S/C15H14FN3S/c1-9-19-14-7-13(12(17)6-15(14)20-9)18-8-10-4-2-3-5-11(10)16/h2-7,18H,8,17H2,1H3. The first-order valence-electron chi connectivity index (χ1n) is 6.27. The number of rotatable bonds is 3. The second-order valence-electron chi connectivity index (χ2n) is 4.59. The van der Waals surface area contributed by atoms with Gasteiger partial charge in [-0.3, -0.25) is 0 Å². The lowest BCUT2D eigenvalue weighted by Gasteiger charge is -2.10. The third-order valence-electron chi connectivity index (χ3n) is 3.09. The summed E-state index contributed by atoms with van der Waals surface area (Å²) >= 11 is 1.61. The zero-order valence-electron chi connectivity index (χ0n) is 11.0. The number of nitrogen functional groups attached to an aromatic ring is 1. The molecule has 1 aromatic heterocycles. The van der Waals surface area contributed by atoms with Crippen molar-refractivity contribution >= 4 is 32.9 Å². The van der Waals surface area contributed by atoms with Crippen LogP contribution in [0.2, 0.25) is 0 Å². The van der Waals surface area contributed by atoms with E-state index >= 15 is 0 Å². The summed E-state index contributed by atoms with van der Waals surface area (Å²) in [4.78, 5) is 4.44. The number of thiazole rings is 1. The molecule has 0 radical (unpaired) electrons. The largest absolute Gasteiger partial charge is 0.397 e. The first-order chi connectivity index (χ1) is 9.63. The van der Waals surface area contributed by atoms with Gasteiger partial charge in [0.25, 0.3) is 0 Å². The first kappa shape index (κ1) is 12.9. The molecule has 0 saturated heterocycles. The fourth-order valence-electron chi connectivity index (χ4n) is 2.09. The number of nitrogens with two attached hydrogens (primary N) is 1. The molecule has 2 aromatic carbocycles. The Morgan fingerprint density at radius 2 is 2.10 bits per heavy atom. The number of halogens is 1. The molecule has 3 N–H and O–H groups in total. The molecule has 0 aliphatic heterocycles. The van der Waals surface area contributed by atoms with E-state index in [1.165, 1.54) is 6.07 Å². The molecule has 0 unspecified atom stereocenters. The predicted octanol–water partition coefficient (Wildman–Crippen LogP) is 3.94. The summed E-state index contributed by atoms with van der Waals surface area (Å²) in [6.45, 7) is 2.36. The van der Waals surface area contributed by atoms with Gasteiger partial charge in [0.15, 0.2) is 0 Å². The molecule has 0 spiro atoms. The predicted molar refractivity (Wildman–Crippen MR) is 82.5 cm³/mol. The molecule has 1 heterocycles. The maximum absolute atomic E-state index is 13.6. The van der Waals surface area contributed by atoms with Crippen molar-refractivity contribution in [3.8, 4) is 0 Å². The van der Waals surface area contributed by atoms with Crippen LogP contribution in [0.15, 0.2) is 36.4 Å². The molecule has 3 nitrogen and oxygen atoms in total. The molecule has 0 amide bonds. The third-order valence-corrected chi connectivity index (χ3v) is 4.03. The Balaban J connectivity index is 1.87. The highest BCUT2D eigenvalue weighted by atomic mass is 32.1. The highest BCUT2D eigenvalue weighted by molar-refractivity contribution is 7.18. The molecule has 0 saturated carbocycles. The van der Waals surface area contributed by atoms with Gasteiger partial charge in [0.1, 0.15) is 5.82 Å². The number of nitrogens with one attached hydrogen (secondary N) is 1. The normalized spacial score (nSPS) is 10.9. The maximum Gasteiger partial charge on any atom is 0.128 e. The van der Waals surface area contributed by atoms with Crippen molar-refractivity contribution in [2.75, 3.05) is 11.1 Å². The zero-order chi connectivity index (χ0) is 14.1. The lowest BCUT2D eigenvalue weighted by Crippen LogP contribution is -2.04. The smallest absolute Gasteiger partial charge is 0.128 e. The highest BCUT2D eigenvalue weighted by Gasteiger charge is 2.07. The monoisotopic (exact) mass is 287 g/mol. The van der Waals surface area contributed by atoms with Crippen molar-refractivity contribution in [3.05, 3.63) is 52.8 Å². The van der Waals surface area contributed by atoms with Crippen LogP contribution in [0.25, 0.3) is 10.2 Å². The van der Waals surface area contributed by atoms with Gasteiger partial charge < -0.3 is 11.1 Å². The number of aromatic nitrogens is 1. The molecule has 102 valence electrons. The third kappa shape index (κ3) is 2.44. The van der Waals surface area contributed by atoms with Gasteiger partial charge in [-0.05, 0) is 25.1 Å². The molecule has 20 heavy (non-hydrogen) atoms. The van der Waals surface area contributed by atoms with Crippen molar-refractivity contribution in [1.82, 2.24) is 4.98 Å². The average Bonchev–Trinajstić information content (AvgIpc) is 2.76. The summed E-state index contributed by atoms with van der Waals surface area (Å²) in [5.74, 6) is -0.218. The fourth-order valence-corrected chi connectivity index (χ4v) is 2.95. The van der Waals surface area contributed by atoms with E-state index < -0.39 is 0 Å². The minimum absolute atomic E-state index is 0.218. The Morgan fingerprint density at radius 3 is 2.90 bits per heavy atom. The Hall–Kier alpha value is -2.14. The number of aryl methyl sites for hydroxylation is 1. The number of nitrogens with zero attached hydrogens (tertiary/aromatic N) is 1. The molecule has 0 bridgehead atoms. The van der Waals surface area contributed by atoms with Gasteiger partial charge in [0.2, 0.25) is 0 Å². The van der Waals surface area contributed by atoms with Crippen molar-refractivity contribution in [2.24, 2.45) is 0 Å². The van der Waals surface area contributed by atoms with E-state index in [2.05, 4.69) is 10.3 Å². The van der Waals surface area contributed by atoms with Crippen LogP contribution in [0.5, 0.6) is 0 Å². The first-order valence-corrected chi connectivity index (χ1v) is 7.09. The lowest BCUT2D eigenvalue weighted by molar-refractivity contribution is 0.613. The lowest BCUT2D eigenvalue weighted by atomic mass is 10.2. The van der Waals surface area contributed by atoms with Gasteiger partial charge in [0.05, 0.1) is 26.6 Å². The molecular weight excluding hydrogens is 273 g/mol. The minimum Gasteiger partial charge on any atom is -0.397 e. The Labute approximate surface area is 120 Å². The van der Waals surface area contributed by atoms with Crippen molar-refractivity contribution in [1.29, 1.82) is 0 Å². The van der Waals surface area contributed by atoms with Gasteiger partial charge in [-0.1, -0.05) is 18.2 Å². The summed E-state index contributed by atoms with van der Waals surface area (Å²) in [6.07, 6.45) is 0. The van der Waals surface area contributed by atoms with Gasteiger partial charge in [-0.15, -0.1) is 11.3 Å². The van der Waals surface area contributed by atoms with Crippen molar-refractivity contribution < 1.29 is 4.39 Å². The molecule has 0 aliphatic carbocycles. The Morgan fingerprint density at radius 1 is 1.30 bits per heavy atom. The van der Waals surface area contributed by atoms with E-state index in [0.29, 0.717) is 17.8 Å². The fraction of sp³-hybridized carbons (Fsp3) is 0.133. The molecule has 0 fully saturated rings. The minimum atomic E-state index is -0.218. The van der Waals surface area contributed by atoms with Gasteiger partial charge in [-0.2, -0.15) is 0 Å². The number of hydrogen-bond acceptors (Lipinski definition) is 4. The molecule has 5 heteroatoms. The molecule has 0 atom stereocenters. The van der Waals surface area contributed by atoms with Crippen molar-refractivity contribution in [3.63, 3.8) is 0 Å². The summed E-state index contributed by atoms with van der Waals surface area (Å²) < 4.78 is 14.6. The highest BCUT2D eigenvalue weighted by Crippen LogP contribution is 2.30. The molecule has 3 aromatic rings. The van der Waals surface area contributed by atoms with E-state index in [9.17, 15) is 4.39 Å². The van der Waals surface area contributed by atoms with Gasteiger partial charge in [-0.25, -0.2) is 9.37 Å². The van der Waals surface area contributed by atoms with E-state index in [-0.39, 0.29) is 5.82 Å². The summed E-state index contributed by atoms with van der Waals surface area (Å²) in [6, 6.07) is 10.5. The Bertz CT molecular complexity index is 767. The van der Waals surface area contributed by atoms with E-state index in [4.69, 9.17) is 5.73 Å². The van der Waals surface area contributed by atoms with E-state index in [1.807, 2.05) is 25.1 Å². The van der Waals surface area contributed by atoms with Crippen LogP contribution in [-0.4, -0.2) is 4.98 Å². The van der Waals surface area contributed by atoms with Crippen molar-refractivity contribution in [2.45, 2.75) is 13.5 Å². The number of anilines is 2. The van der Waals surface area contributed by atoms with Crippen LogP contribution in [-0.2, 0) is 6.54 Å². The topological polar surface area (TPSA) is 50.9 Å². The van der Waals surface area contributed by atoms with Crippen LogP contribution in [0.1, 0.15) is 10.6 Å². The van der Waals surface area contributed by atoms with Gasteiger partial charge >= 0.3 is 0 Å². The maximum atomic E-state index is 13.6. The molecule has 0 aliphatic rings. The second kappa shape index (κ2) is 5.09. The van der Waals surface area contributed by atoms with E-state index in [0.717, 1.165) is 20.9 Å². The SMILES string of the molecule is Cc1nc2cc(NCc3ccccc3F)c(N)cc2s1. The van der Waals surface area contributed by atoms with Crippen LogP contribution in [0.4, 0.5) is 15.8 Å².